The highest BCUT2D eigenvalue weighted by Crippen LogP contribution is 2.21. The molecule has 1 fully saturated rings. The topological polar surface area (TPSA) is 41.1 Å². The summed E-state index contributed by atoms with van der Waals surface area (Å²) in [5.41, 5.74) is 1.00. The highest BCUT2D eigenvalue weighted by molar-refractivity contribution is 7.99. The highest BCUT2D eigenvalue weighted by atomic mass is 35.5. The molecule has 0 aliphatic carbocycles. The number of nitrogens with one attached hydrogen (secondary N) is 2. The fourth-order valence-corrected chi connectivity index (χ4v) is 3.56. The first-order valence-corrected chi connectivity index (χ1v) is 8.58. The van der Waals surface area contributed by atoms with Crippen LogP contribution >= 0.6 is 35.0 Å². The van der Waals surface area contributed by atoms with Gasteiger partial charge in [0.05, 0.1) is 0 Å². The van der Waals surface area contributed by atoms with E-state index in [1.165, 1.54) is 0 Å². The number of benzene rings is 1. The Kier molecular flexibility index (Phi) is 6.49. The van der Waals surface area contributed by atoms with Crippen LogP contribution in [0.3, 0.4) is 0 Å². The van der Waals surface area contributed by atoms with Gasteiger partial charge in [-0.15, -0.1) is 0 Å². The molecule has 2 rings (SSSR count). The lowest BCUT2D eigenvalue weighted by Gasteiger charge is -2.22. The van der Waals surface area contributed by atoms with Gasteiger partial charge in [0, 0.05) is 47.1 Å². The molecule has 1 amide bonds. The van der Waals surface area contributed by atoms with Crippen LogP contribution in [0.4, 0.5) is 0 Å². The van der Waals surface area contributed by atoms with Gasteiger partial charge >= 0.3 is 0 Å². The van der Waals surface area contributed by atoms with Crippen LogP contribution in [0, 0.1) is 0 Å². The average Bonchev–Trinajstić information content (AvgIpc) is 2.42. The molecule has 1 aromatic rings. The third kappa shape index (κ3) is 5.17. The van der Waals surface area contributed by atoms with Gasteiger partial charge in [0.1, 0.15) is 0 Å². The summed E-state index contributed by atoms with van der Waals surface area (Å²) in [5.74, 6) is 2.24. The van der Waals surface area contributed by atoms with Gasteiger partial charge in [-0.3, -0.25) is 4.79 Å². The molecule has 20 heavy (non-hydrogen) atoms. The lowest BCUT2D eigenvalue weighted by molar-refractivity contribution is -0.121. The van der Waals surface area contributed by atoms with Crippen molar-refractivity contribution in [2.24, 2.45) is 0 Å². The van der Waals surface area contributed by atoms with Crippen molar-refractivity contribution in [2.45, 2.75) is 18.9 Å². The Bertz CT molecular complexity index is 464. The van der Waals surface area contributed by atoms with Crippen LogP contribution in [0.1, 0.15) is 12.0 Å². The van der Waals surface area contributed by atoms with Gasteiger partial charge in [-0.1, -0.05) is 29.3 Å². The van der Waals surface area contributed by atoms with Crippen LogP contribution in [0.25, 0.3) is 0 Å². The van der Waals surface area contributed by atoms with Crippen molar-refractivity contribution in [1.82, 2.24) is 10.6 Å². The van der Waals surface area contributed by atoms with E-state index in [0.717, 1.165) is 23.6 Å². The van der Waals surface area contributed by atoms with Gasteiger partial charge in [0.2, 0.25) is 5.91 Å². The van der Waals surface area contributed by atoms with Crippen molar-refractivity contribution < 1.29 is 4.79 Å². The second kappa shape index (κ2) is 8.13. The Morgan fingerprint density at radius 3 is 3.00 bits per heavy atom. The van der Waals surface area contributed by atoms with Crippen molar-refractivity contribution in [1.29, 1.82) is 0 Å². The second-order valence-electron chi connectivity index (χ2n) is 4.77. The monoisotopic (exact) mass is 332 g/mol. The van der Waals surface area contributed by atoms with Crippen LogP contribution in [-0.4, -0.2) is 36.5 Å². The maximum absolute atomic E-state index is 11.8. The molecule has 0 radical (unpaired) electrons. The Morgan fingerprint density at radius 1 is 1.45 bits per heavy atom. The molecular weight excluding hydrogens is 315 g/mol. The number of rotatable bonds is 5. The predicted molar refractivity (Wildman–Crippen MR) is 86.9 cm³/mol. The Labute approximate surface area is 133 Å². The molecule has 110 valence electrons. The first-order chi connectivity index (χ1) is 9.65. The van der Waals surface area contributed by atoms with Crippen molar-refractivity contribution >= 4 is 40.9 Å². The summed E-state index contributed by atoms with van der Waals surface area (Å²) in [6.07, 6.45) is 1.26. The Morgan fingerprint density at radius 2 is 2.30 bits per heavy atom. The maximum Gasteiger partial charge on any atom is 0.221 e. The van der Waals surface area contributed by atoms with Gasteiger partial charge in [-0.05, 0) is 24.1 Å². The SMILES string of the molecule is O=C(CC1CSCCN1)NCCc1ccc(Cl)cc1Cl. The van der Waals surface area contributed by atoms with Crippen LogP contribution in [0.2, 0.25) is 10.0 Å². The van der Waals surface area contributed by atoms with Crippen molar-refractivity contribution in [3.05, 3.63) is 33.8 Å². The molecule has 0 bridgehead atoms. The second-order valence-corrected chi connectivity index (χ2v) is 6.76. The molecule has 1 aliphatic rings. The first-order valence-electron chi connectivity index (χ1n) is 6.67. The molecule has 3 nitrogen and oxygen atoms in total. The summed E-state index contributed by atoms with van der Waals surface area (Å²) < 4.78 is 0. The van der Waals surface area contributed by atoms with Crippen molar-refractivity contribution in [3.8, 4) is 0 Å². The fourth-order valence-electron chi connectivity index (χ4n) is 2.11. The number of amides is 1. The number of carbonyl (C=O) groups is 1. The molecule has 0 spiro atoms. The fraction of sp³-hybridized carbons (Fsp3) is 0.500. The van der Waals surface area contributed by atoms with E-state index in [0.29, 0.717) is 35.5 Å². The van der Waals surface area contributed by atoms with E-state index in [1.54, 1.807) is 6.07 Å². The molecule has 6 heteroatoms. The zero-order chi connectivity index (χ0) is 14.4. The number of carbonyl (C=O) groups excluding carboxylic acids is 1. The summed E-state index contributed by atoms with van der Waals surface area (Å²) in [4.78, 5) is 11.8. The minimum atomic E-state index is 0.0927. The number of hydrogen-bond acceptors (Lipinski definition) is 3. The largest absolute Gasteiger partial charge is 0.356 e. The van der Waals surface area contributed by atoms with Crippen LogP contribution in [0.15, 0.2) is 18.2 Å². The van der Waals surface area contributed by atoms with Gasteiger partial charge in [0.25, 0.3) is 0 Å². The molecule has 2 N–H and O–H groups in total. The average molecular weight is 333 g/mol. The van der Waals surface area contributed by atoms with Gasteiger partial charge < -0.3 is 10.6 Å². The zero-order valence-electron chi connectivity index (χ0n) is 11.1. The number of halogens is 2. The molecule has 1 atom stereocenters. The molecule has 1 heterocycles. The van der Waals surface area contributed by atoms with E-state index in [-0.39, 0.29) is 5.91 Å². The van der Waals surface area contributed by atoms with Crippen LogP contribution < -0.4 is 10.6 Å². The smallest absolute Gasteiger partial charge is 0.221 e. The van der Waals surface area contributed by atoms with E-state index < -0.39 is 0 Å². The quantitative estimate of drug-likeness (QED) is 0.871. The Balaban J connectivity index is 1.70. The summed E-state index contributed by atoms with van der Waals surface area (Å²) in [6, 6.07) is 5.74. The number of hydrogen-bond donors (Lipinski definition) is 2. The zero-order valence-corrected chi connectivity index (χ0v) is 13.5. The van der Waals surface area contributed by atoms with Crippen molar-refractivity contribution in [3.63, 3.8) is 0 Å². The molecule has 1 aromatic carbocycles. The maximum atomic E-state index is 11.8. The van der Waals surface area contributed by atoms with Gasteiger partial charge in [-0.25, -0.2) is 0 Å². The highest BCUT2D eigenvalue weighted by Gasteiger charge is 2.16. The first kappa shape index (κ1) is 16.0. The summed E-state index contributed by atoms with van der Waals surface area (Å²) in [6.45, 7) is 1.59. The lowest BCUT2D eigenvalue weighted by atomic mass is 10.1. The Hall–Kier alpha value is -0.420. The standard InChI is InChI=1S/C14H18Cl2N2OS/c15-11-2-1-10(13(16)7-11)3-4-18-14(19)8-12-9-20-6-5-17-12/h1-2,7,12,17H,3-6,8-9H2,(H,18,19). The van der Waals surface area contributed by atoms with Crippen LogP contribution in [0.5, 0.6) is 0 Å². The number of thioether (sulfide) groups is 1. The lowest BCUT2D eigenvalue weighted by Crippen LogP contribution is -2.41. The molecular formula is C14H18Cl2N2OS. The third-order valence-corrected chi connectivity index (χ3v) is 4.88. The van der Waals surface area contributed by atoms with Gasteiger partial charge in [0.15, 0.2) is 0 Å². The van der Waals surface area contributed by atoms with Crippen molar-refractivity contribution in [2.75, 3.05) is 24.6 Å². The minimum Gasteiger partial charge on any atom is -0.356 e. The summed E-state index contributed by atoms with van der Waals surface area (Å²) >= 11 is 13.8. The summed E-state index contributed by atoms with van der Waals surface area (Å²) in [5, 5.41) is 7.57. The van der Waals surface area contributed by atoms with E-state index >= 15 is 0 Å². The predicted octanol–water partition coefficient (Wildman–Crippen LogP) is 2.75. The molecule has 1 unspecified atom stereocenters. The minimum absolute atomic E-state index is 0.0927. The van der Waals surface area contributed by atoms with E-state index in [4.69, 9.17) is 23.2 Å². The van der Waals surface area contributed by atoms with E-state index in [2.05, 4.69) is 10.6 Å². The molecule has 0 aromatic heterocycles. The molecule has 0 saturated carbocycles. The van der Waals surface area contributed by atoms with E-state index in [1.807, 2.05) is 23.9 Å². The normalized spacial score (nSPS) is 18.8. The summed E-state index contributed by atoms with van der Waals surface area (Å²) in [7, 11) is 0. The molecule has 1 saturated heterocycles. The third-order valence-electron chi connectivity index (χ3n) is 3.16. The van der Waals surface area contributed by atoms with Crippen LogP contribution in [-0.2, 0) is 11.2 Å². The van der Waals surface area contributed by atoms with E-state index in [9.17, 15) is 4.79 Å². The van der Waals surface area contributed by atoms with Gasteiger partial charge in [-0.2, -0.15) is 11.8 Å². The molecule has 1 aliphatic heterocycles.